The first-order valence-electron chi connectivity index (χ1n) is 8.39. The van der Waals surface area contributed by atoms with Crippen LogP contribution in [0, 0.1) is 0 Å². The first kappa shape index (κ1) is 16.6. The molecule has 0 N–H and O–H groups in total. The second-order valence-electron chi connectivity index (χ2n) is 7.34. The minimum absolute atomic E-state index is 0.286. The van der Waals surface area contributed by atoms with Crippen molar-refractivity contribution < 1.29 is 14.3 Å². The van der Waals surface area contributed by atoms with Crippen molar-refractivity contribution >= 4 is 11.7 Å². The molecule has 0 spiro atoms. The molecule has 1 aliphatic heterocycles. The van der Waals surface area contributed by atoms with Crippen LogP contribution in [0.4, 0.5) is 4.79 Å². The zero-order valence-electron chi connectivity index (χ0n) is 14.9. The molecule has 1 aliphatic carbocycles. The van der Waals surface area contributed by atoms with Gasteiger partial charge in [0.15, 0.2) is 0 Å². The fourth-order valence-corrected chi connectivity index (χ4v) is 3.40. The average molecular weight is 327 g/mol. The van der Waals surface area contributed by atoms with Gasteiger partial charge >= 0.3 is 6.09 Å². The smallest absolute Gasteiger partial charge is 0.414 e. The highest BCUT2D eigenvalue weighted by atomic mass is 16.6. The molecule has 1 amide bonds. The molecule has 0 unspecified atom stereocenters. The Bertz CT molecular complexity index is 725. The molecule has 4 nitrogen and oxygen atoms in total. The van der Waals surface area contributed by atoms with Crippen LogP contribution in [0.5, 0.6) is 5.75 Å². The molecule has 1 aromatic carbocycles. The van der Waals surface area contributed by atoms with E-state index in [2.05, 4.69) is 12.6 Å². The van der Waals surface area contributed by atoms with E-state index in [0.717, 1.165) is 41.8 Å². The number of allylic oxidation sites excluding steroid dienone is 1. The number of nitrogens with zero attached hydrogens (tertiary/aromatic N) is 1. The lowest BCUT2D eigenvalue weighted by Crippen LogP contribution is -2.35. The standard InChI is InChI=1S/C20H25NO3/c1-13-17-9-8-16(23-5)12-15(17)7-6-14-10-11-21(18(13)14)19(22)24-20(2,3)4/h8-9,12H,1,6-7,10-11H2,2-5H3. The Hall–Kier alpha value is -2.23. The van der Waals surface area contributed by atoms with Crippen molar-refractivity contribution in [2.45, 2.75) is 45.6 Å². The minimum atomic E-state index is -0.502. The second kappa shape index (κ2) is 6.00. The third kappa shape index (κ3) is 3.05. The van der Waals surface area contributed by atoms with E-state index in [1.165, 1.54) is 11.1 Å². The van der Waals surface area contributed by atoms with Crippen LogP contribution < -0.4 is 4.74 Å². The third-order valence-corrected chi connectivity index (χ3v) is 4.48. The van der Waals surface area contributed by atoms with Crippen molar-refractivity contribution in [2.75, 3.05) is 13.7 Å². The summed E-state index contributed by atoms with van der Waals surface area (Å²) in [5.74, 6) is 0.854. The van der Waals surface area contributed by atoms with Crippen molar-refractivity contribution in [1.82, 2.24) is 4.90 Å². The number of carbonyl (C=O) groups excluding carboxylic acids is 1. The zero-order chi connectivity index (χ0) is 17.5. The molecule has 4 heteroatoms. The van der Waals surface area contributed by atoms with Gasteiger partial charge in [-0.2, -0.15) is 0 Å². The van der Waals surface area contributed by atoms with Gasteiger partial charge in [-0.3, -0.25) is 4.90 Å². The number of hydrogen-bond acceptors (Lipinski definition) is 3. The molecule has 0 atom stereocenters. The summed E-state index contributed by atoms with van der Waals surface area (Å²) in [4.78, 5) is 14.3. The molecular formula is C20H25NO3. The number of rotatable bonds is 1. The normalized spacial score (nSPS) is 17.3. The lowest BCUT2D eigenvalue weighted by atomic mass is 9.98. The van der Waals surface area contributed by atoms with E-state index in [1.807, 2.05) is 32.9 Å². The van der Waals surface area contributed by atoms with Crippen LogP contribution in [-0.4, -0.2) is 30.2 Å². The summed E-state index contributed by atoms with van der Waals surface area (Å²) in [5, 5.41) is 0. The van der Waals surface area contributed by atoms with Gasteiger partial charge in [-0.25, -0.2) is 4.79 Å². The molecule has 0 saturated heterocycles. The Kier molecular flexibility index (Phi) is 4.16. The Morgan fingerprint density at radius 2 is 1.96 bits per heavy atom. The van der Waals surface area contributed by atoms with E-state index >= 15 is 0 Å². The van der Waals surface area contributed by atoms with Gasteiger partial charge in [0, 0.05) is 6.54 Å². The summed E-state index contributed by atoms with van der Waals surface area (Å²) < 4.78 is 10.9. The van der Waals surface area contributed by atoms with Crippen molar-refractivity contribution in [3.63, 3.8) is 0 Å². The number of fused-ring (bicyclic) bond motifs is 1. The SMILES string of the molecule is C=C1C2=C(CCc3cc(OC)ccc31)CCN2C(=O)OC(C)(C)C. The molecule has 1 aromatic rings. The molecule has 3 rings (SSSR count). The van der Waals surface area contributed by atoms with Crippen LogP contribution in [-0.2, 0) is 11.2 Å². The molecule has 24 heavy (non-hydrogen) atoms. The lowest BCUT2D eigenvalue weighted by molar-refractivity contribution is 0.0338. The predicted octanol–water partition coefficient (Wildman–Crippen LogP) is 4.55. The lowest BCUT2D eigenvalue weighted by Gasteiger charge is -2.27. The van der Waals surface area contributed by atoms with Gasteiger partial charge in [0.25, 0.3) is 0 Å². The molecule has 0 bridgehead atoms. The number of amides is 1. The van der Waals surface area contributed by atoms with E-state index in [9.17, 15) is 4.79 Å². The van der Waals surface area contributed by atoms with Crippen molar-refractivity contribution in [3.05, 3.63) is 47.2 Å². The van der Waals surface area contributed by atoms with Crippen molar-refractivity contribution in [2.24, 2.45) is 0 Å². The monoisotopic (exact) mass is 327 g/mol. The largest absolute Gasteiger partial charge is 0.497 e. The van der Waals surface area contributed by atoms with E-state index in [-0.39, 0.29) is 6.09 Å². The van der Waals surface area contributed by atoms with Crippen LogP contribution in [0.25, 0.3) is 5.57 Å². The summed E-state index contributed by atoms with van der Waals surface area (Å²) in [6.07, 6.45) is 2.48. The molecular weight excluding hydrogens is 302 g/mol. The number of methoxy groups -OCH3 is 1. The van der Waals surface area contributed by atoms with E-state index in [0.29, 0.717) is 6.54 Å². The van der Waals surface area contributed by atoms with Crippen molar-refractivity contribution in [3.8, 4) is 5.75 Å². The Morgan fingerprint density at radius 3 is 2.62 bits per heavy atom. The molecule has 2 aliphatic rings. The van der Waals surface area contributed by atoms with Gasteiger partial charge in [0.2, 0.25) is 0 Å². The number of carbonyl (C=O) groups is 1. The summed E-state index contributed by atoms with van der Waals surface area (Å²) >= 11 is 0. The maximum atomic E-state index is 12.6. The Morgan fingerprint density at radius 1 is 1.21 bits per heavy atom. The van der Waals surface area contributed by atoms with E-state index in [4.69, 9.17) is 9.47 Å². The fraction of sp³-hybridized carbons (Fsp3) is 0.450. The Balaban J connectivity index is 1.94. The summed E-state index contributed by atoms with van der Waals surface area (Å²) in [6, 6.07) is 6.06. The van der Waals surface area contributed by atoms with Gasteiger partial charge in [0.1, 0.15) is 11.4 Å². The quantitative estimate of drug-likeness (QED) is 0.759. The molecule has 0 saturated carbocycles. The average Bonchev–Trinajstić information content (AvgIpc) is 2.89. The van der Waals surface area contributed by atoms with Gasteiger partial charge in [-0.15, -0.1) is 0 Å². The molecule has 1 heterocycles. The zero-order valence-corrected chi connectivity index (χ0v) is 14.9. The van der Waals surface area contributed by atoms with Crippen LogP contribution in [0.15, 0.2) is 36.0 Å². The summed E-state index contributed by atoms with van der Waals surface area (Å²) in [6.45, 7) is 10.6. The minimum Gasteiger partial charge on any atom is -0.497 e. The van der Waals surface area contributed by atoms with Crippen LogP contribution in [0.1, 0.15) is 44.7 Å². The van der Waals surface area contributed by atoms with Gasteiger partial charge in [0.05, 0.1) is 12.8 Å². The number of ether oxygens (including phenoxy) is 2. The highest BCUT2D eigenvalue weighted by Crippen LogP contribution is 2.41. The molecule has 128 valence electrons. The van der Waals surface area contributed by atoms with Gasteiger partial charge in [-0.05, 0) is 74.4 Å². The van der Waals surface area contributed by atoms with Gasteiger partial charge in [-0.1, -0.05) is 12.6 Å². The maximum Gasteiger partial charge on any atom is 0.414 e. The Labute approximate surface area is 143 Å². The number of hydrogen-bond donors (Lipinski definition) is 0. The highest BCUT2D eigenvalue weighted by molar-refractivity contribution is 5.86. The first-order valence-corrected chi connectivity index (χ1v) is 8.39. The number of aryl methyl sites for hydroxylation is 1. The predicted molar refractivity (Wildman–Crippen MR) is 94.9 cm³/mol. The summed E-state index contributed by atoms with van der Waals surface area (Å²) in [5.41, 5.74) is 4.96. The first-order chi connectivity index (χ1) is 11.3. The van der Waals surface area contributed by atoms with E-state index in [1.54, 1.807) is 12.0 Å². The highest BCUT2D eigenvalue weighted by Gasteiger charge is 2.34. The fourth-order valence-electron chi connectivity index (χ4n) is 3.40. The number of benzene rings is 1. The molecule has 0 radical (unpaired) electrons. The molecule has 0 fully saturated rings. The molecule has 0 aromatic heterocycles. The van der Waals surface area contributed by atoms with Gasteiger partial charge < -0.3 is 9.47 Å². The van der Waals surface area contributed by atoms with E-state index < -0.39 is 5.60 Å². The third-order valence-electron chi connectivity index (χ3n) is 4.48. The summed E-state index contributed by atoms with van der Waals surface area (Å²) in [7, 11) is 1.68. The van der Waals surface area contributed by atoms with Crippen LogP contribution >= 0.6 is 0 Å². The topological polar surface area (TPSA) is 38.8 Å². The maximum absolute atomic E-state index is 12.6. The van der Waals surface area contributed by atoms with Crippen LogP contribution in [0.2, 0.25) is 0 Å². The van der Waals surface area contributed by atoms with Crippen molar-refractivity contribution in [1.29, 1.82) is 0 Å². The van der Waals surface area contributed by atoms with Crippen LogP contribution in [0.3, 0.4) is 0 Å². The second-order valence-corrected chi connectivity index (χ2v) is 7.34.